The zero-order chi connectivity index (χ0) is 42.2. The number of furan rings is 1. The number of hydrogen-bond acceptors (Lipinski definition) is 4. The van der Waals surface area contributed by atoms with E-state index in [9.17, 15) is 0 Å². The number of hydrogen-bond donors (Lipinski definition) is 0. The van der Waals surface area contributed by atoms with Crippen molar-refractivity contribution in [2.45, 2.75) is 0 Å². The van der Waals surface area contributed by atoms with Crippen LogP contribution < -0.4 is 0 Å². The Morgan fingerprint density at radius 2 is 1.06 bits per heavy atom. The molecule has 6 nitrogen and oxygen atoms in total. The molecule has 0 fully saturated rings. The van der Waals surface area contributed by atoms with Crippen LogP contribution in [0.5, 0.6) is 0 Å². The standard InChI is InChI=1S/C45H27N5O/c1-3-14-28(15-4-1)43-46-44(36-22-13-21-35-32-20-9-12-25-39(32)51-42(35)36)48-45(47-43)50-38-24-11-8-19-31(38)34-27-26-33-30-18-7-10-23-37(30)49(40(33)41(34)50)29-16-5-2-6-17-29/h1-27H/i1D,2D,3D,4D,5D,6D,14D,15D,16D,17D. The molecule has 0 aliphatic heterocycles. The average Bonchev–Trinajstić information content (AvgIpc) is 3.94. The third-order valence-electron chi connectivity index (χ3n) is 9.37. The number of nitrogens with zero attached hydrogens (tertiary/aromatic N) is 5. The van der Waals surface area contributed by atoms with E-state index in [1.54, 1.807) is 15.2 Å². The molecule has 0 aliphatic rings. The van der Waals surface area contributed by atoms with Crippen molar-refractivity contribution in [2.75, 3.05) is 0 Å². The van der Waals surface area contributed by atoms with Gasteiger partial charge in [-0.05, 0) is 36.4 Å². The molecule has 6 heteroatoms. The van der Waals surface area contributed by atoms with E-state index in [0.717, 1.165) is 26.9 Å². The minimum absolute atomic E-state index is 0.0245. The van der Waals surface area contributed by atoms with Crippen molar-refractivity contribution >= 4 is 65.6 Å². The van der Waals surface area contributed by atoms with Crippen molar-refractivity contribution in [1.29, 1.82) is 0 Å². The van der Waals surface area contributed by atoms with Crippen molar-refractivity contribution in [3.63, 3.8) is 0 Å². The van der Waals surface area contributed by atoms with Gasteiger partial charge in [-0.2, -0.15) is 9.97 Å². The normalized spacial score (nSPS) is 14.7. The van der Waals surface area contributed by atoms with Gasteiger partial charge in [0.05, 0.1) is 41.3 Å². The first-order chi connectivity index (χ1) is 29.5. The van der Waals surface area contributed by atoms with E-state index in [1.807, 2.05) is 97.1 Å². The van der Waals surface area contributed by atoms with E-state index in [-0.39, 0.29) is 28.8 Å². The zero-order valence-electron chi connectivity index (χ0n) is 36.5. The summed E-state index contributed by atoms with van der Waals surface area (Å²) in [5.74, 6) is -0.0633. The van der Waals surface area contributed by atoms with Crippen LogP contribution in [0.3, 0.4) is 0 Å². The molecule has 0 amide bonds. The van der Waals surface area contributed by atoms with E-state index in [1.165, 1.54) is 0 Å². The number of para-hydroxylation sites is 5. The number of aromatic nitrogens is 5. The number of fused-ring (bicyclic) bond motifs is 10. The predicted molar refractivity (Wildman–Crippen MR) is 207 cm³/mol. The topological polar surface area (TPSA) is 61.7 Å². The molecule has 0 bridgehead atoms. The fourth-order valence-electron chi connectivity index (χ4n) is 7.28. The fraction of sp³-hybridized carbons (Fsp3) is 0. The van der Waals surface area contributed by atoms with Crippen LogP contribution in [0.4, 0.5) is 0 Å². The summed E-state index contributed by atoms with van der Waals surface area (Å²) in [4.78, 5) is 14.9. The molecule has 4 heterocycles. The smallest absolute Gasteiger partial charge is 0.238 e. The van der Waals surface area contributed by atoms with Gasteiger partial charge in [0.25, 0.3) is 0 Å². The maximum Gasteiger partial charge on any atom is 0.238 e. The molecule has 0 saturated carbocycles. The highest BCUT2D eigenvalue weighted by Crippen LogP contribution is 2.42. The molecule has 11 rings (SSSR count). The van der Waals surface area contributed by atoms with Gasteiger partial charge in [-0.15, -0.1) is 0 Å². The molecule has 0 N–H and O–H groups in total. The van der Waals surface area contributed by atoms with Gasteiger partial charge in [-0.1, -0.05) is 127 Å². The second-order valence-corrected chi connectivity index (χ2v) is 12.1. The van der Waals surface area contributed by atoms with Gasteiger partial charge >= 0.3 is 0 Å². The highest BCUT2D eigenvalue weighted by atomic mass is 16.3. The lowest BCUT2D eigenvalue weighted by Gasteiger charge is -2.13. The van der Waals surface area contributed by atoms with Crippen molar-refractivity contribution in [1.82, 2.24) is 24.1 Å². The van der Waals surface area contributed by atoms with E-state index in [2.05, 4.69) is 0 Å². The van der Waals surface area contributed by atoms with Crippen LogP contribution in [0, 0.1) is 0 Å². The first kappa shape index (κ1) is 19.8. The molecule has 7 aromatic carbocycles. The van der Waals surface area contributed by atoms with Crippen LogP contribution in [0.2, 0.25) is 0 Å². The SMILES string of the molecule is [2H]c1c([2H])c([2H])c(-c2nc(-c3cccc4c3oc3ccccc34)nc(-n3c4ccccc4c4ccc5c6ccccc6n(-c6c([2H])c([2H])c([2H])c([2H])c6[2H])c5c43)n2)c([2H])c1[2H]. The first-order valence-corrected chi connectivity index (χ1v) is 16.2. The van der Waals surface area contributed by atoms with Gasteiger partial charge in [0.2, 0.25) is 5.95 Å². The van der Waals surface area contributed by atoms with Gasteiger partial charge in [-0.3, -0.25) is 4.57 Å². The molecule has 0 aliphatic carbocycles. The quantitative estimate of drug-likeness (QED) is 0.188. The number of rotatable bonds is 4. The molecule has 4 aromatic heterocycles. The maximum absolute atomic E-state index is 9.12. The van der Waals surface area contributed by atoms with Gasteiger partial charge in [-0.25, -0.2) is 4.98 Å². The Bertz CT molecular complexity index is 3690. The molecule has 0 spiro atoms. The minimum atomic E-state index is -0.564. The molecule has 0 unspecified atom stereocenters. The maximum atomic E-state index is 9.12. The summed E-state index contributed by atoms with van der Waals surface area (Å²) in [6, 6.07) is 27.1. The van der Waals surface area contributed by atoms with Gasteiger partial charge in [0, 0.05) is 43.6 Å². The van der Waals surface area contributed by atoms with Crippen LogP contribution in [-0.4, -0.2) is 24.1 Å². The molecule has 51 heavy (non-hydrogen) atoms. The van der Waals surface area contributed by atoms with Crippen LogP contribution in [0.15, 0.2) is 168 Å². The molecular weight excluding hydrogens is 627 g/mol. The van der Waals surface area contributed by atoms with Gasteiger partial charge in [0.1, 0.15) is 11.2 Å². The predicted octanol–water partition coefficient (Wildman–Crippen LogP) is 11.3. The second-order valence-electron chi connectivity index (χ2n) is 12.1. The molecule has 11 aromatic rings. The molecule has 0 atom stereocenters. The monoisotopic (exact) mass is 663 g/mol. The van der Waals surface area contributed by atoms with Crippen molar-refractivity contribution in [2.24, 2.45) is 0 Å². The Morgan fingerprint density at radius 3 is 1.80 bits per heavy atom. The van der Waals surface area contributed by atoms with Crippen LogP contribution in [0.25, 0.3) is 100.0 Å². The van der Waals surface area contributed by atoms with Crippen LogP contribution in [0.1, 0.15) is 13.7 Å². The molecule has 0 radical (unpaired) electrons. The third kappa shape index (κ3) is 4.07. The van der Waals surface area contributed by atoms with Crippen LogP contribution >= 0.6 is 0 Å². The number of benzene rings is 7. The Hall–Kier alpha value is -7.05. The lowest BCUT2D eigenvalue weighted by atomic mass is 10.1. The zero-order valence-corrected chi connectivity index (χ0v) is 26.5. The summed E-state index contributed by atoms with van der Waals surface area (Å²) in [5, 5.41) is 4.64. The summed E-state index contributed by atoms with van der Waals surface area (Å²) in [6.07, 6.45) is 0. The molecule has 238 valence electrons. The summed E-state index contributed by atoms with van der Waals surface area (Å²) in [7, 11) is 0. The lowest BCUT2D eigenvalue weighted by Crippen LogP contribution is -2.07. The van der Waals surface area contributed by atoms with Crippen LogP contribution in [-0.2, 0) is 0 Å². The fourth-order valence-corrected chi connectivity index (χ4v) is 7.28. The highest BCUT2D eigenvalue weighted by Gasteiger charge is 2.24. The van der Waals surface area contributed by atoms with E-state index in [4.69, 9.17) is 33.1 Å². The van der Waals surface area contributed by atoms with Crippen molar-refractivity contribution in [3.05, 3.63) is 164 Å². The molecular formula is C45H27N5O. The van der Waals surface area contributed by atoms with E-state index < -0.39 is 60.4 Å². The summed E-state index contributed by atoms with van der Waals surface area (Å²) < 4.78 is 97.1. The summed E-state index contributed by atoms with van der Waals surface area (Å²) in [6.45, 7) is 0. The average molecular weight is 664 g/mol. The van der Waals surface area contributed by atoms with Crippen molar-refractivity contribution in [3.8, 4) is 34.4 Å². The lowest BCUT2D eigenvalue weighted by molar-refractivity contribution is 0.669. The van der Waals surface area contributed by atoms with E-state index >= 15 is 0 Å². The van der Waals surface area contributed by atoms with Crippen molar-refractivity contribution < 1.29 is 18.1 Å². The Labute approximate surface area is 305 Å². The largest absolute Gasteiger partial charge is 0.455 e. The third-order valence-corrected chi connectivity index (χ3v) is 9.37. The Balaban J connectivity index is 1.34. The van der Waals surface area contributed by atoms with E-state index in [0.29, 0.717) is 44.2 Å². The van der Waals surface area contributed by atoms with Gasteiger partial charge in [0.15, 0.2) is 11.6 Å². The van der Waals surface area contributed by atoms with Gasteiger partial charge < -0.3 is 8.98 Å². The second kappa shape index (κ2) is 10.7. The summed E-state index contributed by atoms with van der Waals surface area (Å²) in [5.41, 5.74) is 3.54. The highest BCUT2D eigenvalue weighted by molar-refractivity contribution is 6.23. The molecule has 0 saturated heterocycles. The Kier molecular flexibility index (Phi) is 4.17. The summed E-state index contributed by atoms with van der Waals surface area (Å²) >= 11 is 0. The minimum Gasteiger partial charge on any atom is -0.455 e. The Morgan fingerprint density at radius 1 is 0.471 bits per heavy atom. The first-order valence-electron chi connectivity index (χ1n) is 21.2.